The van der Waals surface area contributed by atoms with Crippen molar-refractivity contribution in [3.8, 4) is 5.75 Å². The maximum Gasteiger partial charge on any atom is 0.312 e. The third-order valence-corrected chi connectivity index (χ3v) is 2.77. The fraction of sp³-hybridized carbons (Fsp3) is 0.545. The largest absolute Gasteiger partial charge is 0.312 e. The molecule has 0 bridgehead atoms. The predicted octanol–water partition coefficient (Wildman–Crippen LogP) is -0.955. The number of pyridine rings is 1. The molecule has 96 valence electrons. The Kier molecular flexibility index (Phi) is 4.70. The van der Waals surface area contributed by atoms with E-state index in [2.05, 4.69) is 9.27 Å². The summed E-state index contributed by atoms with van der Waals surface area (Å²) in [6.07, 6.45) is 1.85. The average molecular weight is 262 g/mol. The second kappa shape index (κ2) is 5.64. The van der Waals surface area contributed by atoms with E-state index in [9.17, 15) is 14.0 Å². The van der Waals surface area contributed by atoms with Crippen LogP contribution in [0.1, 0.15) is 37.7 Å². The van der Waals surface area contributed by atoms with Gasteiger partial charge in [-0.15, -0.1) is 0 Å². The molecule has 17 heavy (non-hydrogen) atoms. The Balaban J connectivity index is 3.24. The Hall–Kier alpha value is -0.880. The molecule has 5 nitrogen and oxygen atoms in total. The van der Waals surface area contributed by atoms with Crippen LogP contribution in [0.2, 0.25) is 0 Å². The summed E-state index contributed by atoms with van der Waals surface area (Å²) < 4.78 is 36.4. The maximum atomic E-state index is 10.7. The molecular weight excluding hydrogens is 246 g/mol. The van der Waals surface area contributed by atoms with Crippen LogP contribution in [0.15, 0.2) is 6.07 Å². The molecule has 1 rings (SSSR count). The summed E-state index contributed by atoms with van der Waals surface area (Å²) in [7, 11) is -4.47. The highest BCUT2D eigenvalue weighted by Crippen LogP contribution is 2.26. The van der Waals surface area contributed by atoms with Gasteiger partial charge in [0.25, 0.3) is 0 Å². The standard InChI is InChI=1S/C11H16ClNO4/c1-4-8-7-9(5-2)13-10(6-3)11(8)17-12(14,15)16/h7H,4-6H2,1-3H3. The van der Waals surface area contributed by atoms with Crippen LogP contribution in [-0.4, -0.2) is 4.98 Å². The highest BCUT2D eigenvalue weighted by atomic mass is 35.7. The van der Waals surface area contributed by atoms with Crippen LogP contribution >= 0.6 is 0 Å². The lowest BCUT2D eigenvalue weighted by molar-refractivity contribution is -1.91. The fourth-order valence-corrected chi connectivity index (χ4v) is 1.96. The van der Waals surface area contributed by atoms with Gasteiger partial charge in [-0.05, 0) is 25.3 Å². The minimum absolute atomic E-state index is 0.0869. The number of hydrogen-bond acceptors (Lipinski definition) is 5. The lowest BCUT2D eigenvalue weighted by Crippen LogP contribution is -2.63. The molecule has 0 atom stereocenters. The molecule has 0 amide bonds. The molecule has 0 saturated carbocycles. The van der Waals surface area contributed by atoms with Crippen molar-refractivity contribution in [3.63, 3.8) is 0 Å². The zero-order valence-corrected chi connectivity index (χ0v) is 10.9. The molecule has 0 saturated heterocycles. The second-order valence-corrected chi connectivity index (χ2v) is 4.47. The van der Waals surface area contributed by atoms with Gasteiger partial charge in [0.05, 0.1) is 5.69 Å². The van der Waals surface area contributed by atoms with Gasteiger partial charge in [0, 0.05) is 11.3 Å². The molecule has 1 aromatic rings. The molecule has 0 unspecified atom stereocenters. The molecule has 0 spiro atoms. The summed E-state index contributed by atoms with van der Waals surface area (Å²) >= 11 is 0. The van der Waals surface area contributed by atoms with E-state index in [0.29, 0.717) is 24.1 Å². The SMILES string of the molecule is CCc1cc(CC)c(O[Cl+3]([O-])([O-])[O-])c(CC)n1. The molecule has 0 fully saturated rings. The summed E-state index contributed by atoms with van der Waals surface area (Å²) in [5.41, 5.74) is 2.07. The van der Waals surface area contributed by atoms with E-state index in [1.54, 1.807) is 6.07 Å². The third-order valence-electron chi connectivity index (χ3n) is 2.42. The Labute approximate surface area is 103 Å². The van der Waals surface area contributed by atoms with Gasteiger partial charge < -0.3 is 0 Å². The Morgan fingerprint density at radius 3 is 2.18 bits per heavy atom. The lowest BCUT2D eigenvalue weighted by atomic mass is 10.1. The van der Waals surface area contributed by atoms with Crippen LogP contribution in [0.4, 0.5) is 0 Å². The molecule has 0 aliphatic heterocycles. The first-order valence-corrected chi connectivity index (χ1v) is 6.76. The summed E-state index contributed by atoms with van der Waals surface area (Å²) in [4.78, 5) is 4.27. The van der Waals surface area contributed by atoms with Crippen molar-refractivity contribution in [2.45, 2.75) is 40.0 Å². The lowest BCUT2D eigenvalue weighted by Gasteiger charge is -2.16. The Bertz CT molecular complexity index is 365. The first-order valence-electron chi connectivity index (χ1n) is 5.53. The normalized spacial score (nSPS) is 11.6. The number of aryl methyl sites for hydroxylation is 3. The van der Waals surface area contributed by atoms with Crippen LogP contribution in [0.3, 0.4) is 0 Å². The number of halogens is 1. The average Bonchev–Trinajstić information content (AvgIpc) is 2.27. The van der Waals surface area contributed by atoms with E-state index in [4.69, 9.17) is 0 Å². The van der Waals surface area contributed by atoms with Gasteiger partial charge in [-0.3, -0.25) is 4.98 Å². The van der Waals surface area contributed by atoms with Gasteiger partial charge >= 0.3 is 5.75 Å². The zero-order valence-electron chi connectivity index (χ0n) is 10.2. The summed E-state index contributed by atoms with van der Waals surface area (Å²) in [6, 6.07) is 1.77. The minimum atomic E-state index is -4.47. The number of aromatic nitrogens is 1. The molecule has 6 heteroatoms. The van der Waals surface area contributed by atoms with Crippen LogP contribution in [0.25, 0.3) is 0 Å². The van der Waals surface area contributed by atoms with Crippen LogP contribution in [0, 0.1) is 10.2 Å². The molecule has 0 N–H and O–H groups in total. The van der Waals surface area contributed by atoms with E-state index in [0.717, 1.165) is 12.1 Å². The maximum absolute atomic E-state index is 10.7. The van der Waals surface area contributed by atoms with Gasteiger partial charge in [-0.2, -0.15) is 14.0 Å². The summed E-state index contributed by atoms with van der Waals surface area (Å²) in [5.74, 6) is 0.0869. The Morgan fingerprint density at radius 1 is 1.12 bits per heavy atom. The number of hydrogen-bond donors (Lipinski definition) is 0. The Morgan fingerprint density at radius 2 is 1.76 bits per heavy atom. The van der Waals surface area contributed by atoms with Crippen molar-refractivity contribution < 1.29 is 28.5 Å². The van der Waals surface area contributed by atoms with Crippen molar-refractivity contribution in [1.29, 1.82) is 0 Å². The summed E-state index contributed by atoms with van der Waals surface area (Å²) in [6.45, 7) is 5.67. The second-order valence-electron chi connectivity index (χ2n) is 3.56. The zero-order chi connectivity index (χ0) is 13.1. The van der Waals surface area contributed by atoms with Gasteiger partial charge in [0.1, 0.15) is 10.2 Å². The molecule has 0 radical (unpaired) electrons. The van der Waals surface area contributed by atoms with E-state index in [-0.39, 0.29) is 5.75 Å². The fourth-order valence-electron chi connectivity index (χ4n) is 1.58. The monoisotopic (exact) mass is 261 g/mol. The topological polar surface area (TPSA) is 91.3 Å². The minimum Gasteiger partial charge on any atom is -0.253 e. The van der Waals surface area contributed by atoms with Gasteiger partial charge in [0.2, 0.25) is 0 Å². The van der Waals surface area contributed by atoms with Crippen molar-refractivity contribution in [2.75, 3.05) is 0 Å². The highest BCUT2D eigenvalue weighted by molar-refractivity contribution is 5.38. The van der Waals surface area contributed by atoms with Gasteiger partial charge in [0.15, 0.2) is 0 Å². The third kappa shape index (κ3) is 3.81. The van der Waals surface area contributed by atoms with Crippen LogP contribution in [-0.2, 0) is 19.3 Å². The van der Waals surface area contributed by atoms with Crippen molar-refractivity contribution in [2.24, 2.45) is 0 Å². The van der Waals surface area contributed by atoms with E-state index >= 15 is 0 Å². The highest BCUT2D eigenvalue weighted by Gasteiger charge is 2.26. The van der Waals surface area contributed by atoms with E-state index in [1.165, 1.54) is 0 Å². The number of rotatable bonds is 5. The van der Waals surface area contributed by atoms with E-state index < -0.39 is 10.2 Å². The molecular formula is C11H16ClNO4. The molecule has 1 aromatic heterocycles. The molecule has 0 aliphatic rings. The summed E-state index contributed by atoms with van der Waals surface area (Å²) in [5, 5.41) is 0. The van der Waals surface area contributed by atoms with Crippen molar-refractivity contribution in [1.82, 2.24) is 4.98 Å². The molecule has 1 heterocycles. The predicted molar refractivity (Wildman–Crippen MR) is 53.0 cm³/mol. The van der Waals surface area contributed by atoms with Crippen LogP contribution in [0.5, 0.6) is 5.75 Å². The van der Waals surface area contributed by atoms with Gasteiger partial charge in [-0.1, -0.05) is 25.1 Å². The van der Waals surface area contributed by atoms with Crippen molar-refractivity contribution >= 4 is 0 Å². The van der Waals surface area contributed by atoms with E-state index in [1.807, 2.05) is 20.8 Å². The first-order chi connectivity index (χ1) is 7.91. The molecule has 0 aliphatic carbocycles. The first kappa shape index (κ1) is 14.2. The van der Waals surface area contributed by atoms with Gasteiger partial charge in [-0.25, -0.2) is 0 Å². The smallest absolute Gasteiger partial charge is 0.253 e. The molecule has 0 aromatic carbocycles. The number of nitrogens with zero attached hydrogens (tertiary/aromatic N) is 1. The quantitative estimate of drug-likeness (QED) is 0.681. The van der Waals surface area contributed by atoms with Crippen molar-refractivity contribution in [3.05, 3.63) is 23.0 Å². The van der Waals surface area contributed by atoms with Crippen LogP contribution < -0.4 is 18.3 Å².